The first-order valence-corrected chi connectivity index (χ1v) is 11.1. The van der Waals surface area contributed by atoms with Crippen molar-refractivity contribution in [1.82, 2.24) is 9.47 Å². The van der Waals surface area contributed by atoms with Gasteiger partial charge in [-0.2, -0.15) is 0 Å². The lowest BCUT2D eigenvalue weighted by Crippen LogP contribution is -2.36. The maximum absolute atomic E-state index is 11.2. The van der Waals surface area contributed by atoms with E-state index in [0.29, 0.717) is 5.41 Å². The molecule has 0 atom stereocenters. The second kappa shape index (κ2) is 6.50. The standard InChI is InChI=1S/C23H31ClN2O/c1-25-12-7-18-19-13-17(24)5-6-20(19)26(21(18)14-25)16-22(10-11-22)15-23(27)8-3-2-4-9-23/h5-6,13,27H,2-4,7-12,14-16H2,1H3. The van der Waals surface area contributed by atoms with Crippen molar-refractivity contribution >= 4 is 22.5 Å². The average Bonchev–Trinajstić information content (AvgIpc) is 3.32. The van der Waals surface area contributed by atoms with Gasteiger partial charge in [-0.25, -0.2) is 0 Å². The molecule has 146 valence electrons. The van der Waals surface area contributed by atoms with Gasteiger partial charge in [-0.15, -0.1) is 0 Å². The van der Waals surface area contributed by atoms with Gasteiger partial charge in [0.15, 0.2) is 0 Å². The predicted molar refractivity (Wildman–Crippen MR) is 111 cm³/mol. The Kier molecular flexibility index (Phi) is 4.34. The molecule has 2 fully saturated rings. The molecule has 3 aliphatic rings. The molecule has 3 nitrogen and oxygen atoms in total. The smallest absolute Gasteiger partial charge is 0.0653 e. The Morgan fingerprint density at radius 1 is 1.11 bits per heavy atom. The Labute approximate surface area is 167 Å². The van der Waals surface area contributed by atoms with Crippen molar-refractivity contribution in [3.8, 4) is 0 Å². The van der Waals surface area contributed by atoms with Crippen LogP contribution in [0.3, 0.4) is 0 Å². The Morgan fingerprint density at radius 2 is 1.89 bits per heavy atom. The number of aliphatic hydroxyl groups is 1. The van der Waals surface area contributed by atoms with E-state index in [1.54, 1.807) is 0 Å². The van der Waals surface area contributed by atoms with Crippen LogP contribution in [0.5, 0.6) is 0 Å². The van der Waals surface area contributed by atoms with Crippen molar-refractivity contribution in [3.63, 3.8) is 0 Å². The van der Waals surface area contributed by atoms with E-state index in [9.17, 15) is 5.11 Å². The van der Waals surface area contributed by atoms with Crippen LogP contribution in [0.1, 0.15) is 62.6 Å². The summed E-state index contributed by atoms with van der Waals surface area (Å²) in [5, 5.41) is 13.3. The number of rotatable bonds is 4. The second-order valence-corrected chi connectivity index (χ2v) is 10.1. The highest BCUT2D eigenvalue weighted by Gasteiger charge is 2.49. The molecule has 2 heterocycles. The van der Waals surface area contributed by atoms with E-state index in [0.717, 1.165) is 50.3 Å². The Bertz CT molecular complexity index is 861. The largest absolute Gasteiger partial charge is 0.390 e. The van der Waals surface area contributed by atoms with E-state index in [1.165, 1.54) is 54.3 Å². The van der Waals surface area contributed by atoms with Gasteiger partial charge in [0.25, 0.3) is 0 Å². The molecule has 27 heavy (non-hydrogen) atoms. The first-order chi connectivity index (χ1) is 13.0. The molecule has 0 bridgehead atoms. The van der Waals surface area contributed by atoms with Crippen LogP contribution < -0.4 is 0 Å². The highest BCUT2D eigenvalue weighted by Crippen LogP contribution is 2.55. The summed E-state index contributed by atoms with van der Waals surface area (Å²) in [4.78, 5) is 2.42. The van der Waals surface area contributed by atoms with Crippen LogP contribution in [0.15, 0.2) is 18.2 Å². The number of nitrogens with zero attached hydrogens (tertiary/aromatic N) is 2. The van der Waals surface area contributed by atoms with Crippen molar-refractivity contribution in [2.45, 2.75) is 76.5 Å². The van der Waals surface area contributed by atoms with Gasteiger partial charge in [0.05, 0.1) is 5.60 Å². The third kappa shape index (κ3) is 3.32. The molecule has 0 amide bonds. The van der Waals surface area contributed by atoms with Crippen LogP contribution in [0.4, 0.5) is 0 Å². The molecule has 1 aromatic heterocycles. The number of hydrogen-bond acceptors (Lipinski definition) is 2. The number of hydrogen-bond donors (Lipinski definition) is 1. The summed E-state index contributed by atoms with van der Waals surface area (Å²) in [5.74, 6) is 0. The monoisotopic (exact) mass is 386 g/mol. The molecule has 0 unspecified atom stereocenters. The minimum Gasteiger partial charge on any atom is -0.390 e. The molecule has 0 spiro atoms. The van der Waals surface area contributed by atoms with Gasteiger partial charge in [-0.3, -0.25) is 0 Å². The number of likely N-dealkylation sites (N-methyl/N-ethyl adjacent to an activating group) is 1. The summed E-state index contributed by atoms with van der Waals surface area (Å²) < 4.78 is 2.58. The third-order valence-corrected chi connectivity index (χ3v) is 7.59. The molecule has 2 saturated carbocycles. The van der Waals surface area contributed by atoms with Gasteiger partial charge >= 0.3 is 0 Å². The van der Waals surface area contributed by atoms with Crippen molar-refractivity contribution in [2.24, 2.45) is 5.41 Å². The van der Waals surface area contributed by atoms with Gasteiger partial charge < -0.3 is 14.6 Å². The fourth-order valence-corrected chi connectivity index (χ4v) is 5.89. The summed E-state index contributed by atoms with van der Waals surface area (Å²) in [6.45, 7) is 3.18. The number of halogens is 1. The Morgan fingerprint density at radius 3 is 2.63 bits per heavy atom. The quantitative estimate of drug-likeness (QED) is 0.787. The van der Waals surface area contributed by atoms with Crippen molar-refractivity contribution < 1.29 is 5.11 Å². The summed E-state index contributed by atoms with van der Waals surface area (Å²) >= 11 is 6.34. The summed E-state index contributed by atoms with van der Waals surface area (Å²) in [6.07, 6.45) is 10.3. The molecule has 1 aromatic carbocycles. The predicted octanol–water partition coefficient (Wildman–Crippen LogP) is 5.15. The molecule has 0 saturated heterocycles. The topological polar surface area (TPSA) is 28.4 Å². The summed E-state index contributed by atoms with van der Waals surface area (Å²) in [5.41, 5.74) is 4.18. The zero-order valence-corrected chi connectivity index (χ0v) is 17.2. The molecule has 2 aliphatic carbocycles. The third-order valence-electron chi connectivity index (χ3n) is 7.35. The molecular weight excluding hydrogens is 356 g/mol. The van der Waals surface area contributed by atoms with E-state index < -0.39 is 5.60 Å². The number of benzene rings is 1. The van der Waals surface area contributed by atoms with Gasteiger partial charge in [-0.1, -0.05) is 30.9 Å². The molecule has 2 aromatic rings. The molecule has 4 heteroatoms. The number of fused-ring (bicyclic) bond motifs is 3. The minimum atomic E-state index is -0.419. The highest BCUT2D eigenvalue weighted by molar-refractivity contribution is 6.31. The highest BCUT2D eigenvalue weighted by atomic mass is 35.5. The van der Waals surface area contributed by atoms with Gasteiger partial charge in [0.2, 0.25) is 0 Å². The Balaban J connectivity index is 1.50. The van der Waals surface area contributed by atoms with Crippen LogP contribution in [0.2, 0.25) is 5.02 Å². The van der Waals surface area contributed by atoms with E-state index in [4.69, 9.17) is 11.6 Å². The fraction of sp³-hybridized carbons (Fsp3) is 0.652. The molecule has 5 rings (SSSR count). The fourth-order valence-electron chi connectivity index (χ4n) is 5.71. The van der Waals surface area contributed by atoms with Crippen LogP contribution in [-0.2, 0) is 19.5 Å². The SMILES string of the molecule is CN1CCc2c(n(CC3(CC4(O)CCCCC4)CC3)c3ccc(Cl)cc23)C1. The molecule has 0 radical (unpaired) electrons. The van der Waals surface area contributed by atoms with E-state index >= 15 is 0 Å². The lowest BCUT2D eigenvalue weighted by molar-refractivity contribution is -0.0238. The van der Waals surface area contributed by atoms with Crippen LogP contribution >= 0.6 is 11.6 Å². The van der Waals surface area contributed by atoms with Crippen molar-refractivity contribution in [1.29, 1.82) is 0 Å². The van der Waals surface area contributed by atoms with Crippen LogP contribution in [0.25, 0.3) is 10.9 Å². The van der Waals surface area contributed by atoms with Crippen LogP contribution in [-0.4, -0.2) is 33.8 Å². The molecule has 1 aliphatic heterocycles. The van der Waals surface area contributed by atoms with Gasteiger partial charge in [0, 0.05) is 41.3 Å². The minimum absolute atomic E-state index is 0.293. The van der Waals surface area contributed by atoms with E-state index in [-0.39, 0.29) is 0 Å². The Hall–Kier alpha value is -1.03. The van der Waals surface area contributed by atoms with Crippen molar-refractivity contribution in [3.05, 3.63) is 34.5 Å². The molecular formula is C23H31ClN2O. The molecule has 1 N–H and O–H groups in total. The lowest BCUT2D eigenvalue weighted by atomic mass is 9.77. The van der Waals surface area contributed by atoms with Crippen LogP contribution in [0, 0.1) is 5.41 Å². The van der Waals surface area contributed by atoms with Crippen molar-refractivity contribution in [2.75, 3.05) is 13.6 Å². The van der Waals surface area contributed by atoms with E-state index in [2.05, 4.69) is 28.6 Å². The maximum atomic E-state index is 11.2. The van der Waals surface area contributed by atoms with E-state index in [1.807, 2.05) is 6.07 Å². The first-order valence-electron chi connectivity index (χ1n) is 10.7. The maximum Gasteiger partial charge on any atom is 0.0653 e. The lowest BCUT2D eigenvalue weighted by Gasteiger charge is -2.36. The summed E-state index contributed by atoms with van der Waals surface area (Å²) in [6, 6.07) is 6.40. The average molecular weight is 387 g/mol. The summed E-state index contributed by atoms with van der Waals surface area (Å²) in [7, 11) is 2.22. The number of aromatic nitrogens is 1. The first kappa shape index (κ1) is 18.0. The zero-order valence-electron chi connectivity index (χ0n) is 16.4. The van der Waals surface area contributed by atoms with Gasteiger partial charge in [-0.05, 0) is 74.8 Å². The second-order valence-electron chi connectivity index (χ2n) is 9.62. The van der Waals surface area contributed by atoms with Gasteiger partial charge in [0.1, 0.15) is 0 Å². The zero-order chi connectivity index (χ0) is 18.6. The normalized spacial score (nSPS) is 24.1.